The molecule has 0 rings (SSSR count). The van der Waals surface area contributed by atoms with E-state index in [1.54, 1.807) is 0 Å². The summed E-state index contributed by atoms with van der Waals surface area (Å²) >= 11 is 3.44. The molecule has 19 heavy (non-hydrogen) atoms. The van der Waals surface area contributed by atoms with Gasteiger partial charge in [-0.1, -0.05) is 50.5 Å². The Bertz CT molecular complexity index is 173. The Morgan fingerprint density at radius 3 is 0.947 bits per heavy atom. The van der Waals surface area contributed by atoms with Crippen LogP contribution in [0, 0.1) is 11.8 Å². The number of alkyl halides is 1. The van der Waals surface area contributed by atoms with Gasteiger partial charge in [0.25, 0.3) is 0 Å². The Morgan fingerprint density at radius 1 is 0.737 bits per heavy atom. The average Bonchev–Trinajstić information content (AvgIpc) is 2.14. The molecular formula is C16H40BrN2+. The standard InChI is InChI=1S/C8H20N.C5H11Br.C3H9N/c1-7(2)8(3)9(4,5)6;1-4(2)5(3)6;1-4(2)3/h7-8H,1-6H3;4-5H,1-3H3;1-3H3/q+1;;. The highest BCUT2D eigenvalue weighted by Crippen LogP contribution is 2.11. The molecule has 120 valence electrons. The van der Waals surface area contributed by atoms with E-state index in [0.29, 0.717) is 4.83 Å². The van der Waals surface area contributed by atoms with Gasteiger partial charge < -0.3 is 9.38 Å². The highest BCUT2D eigenvalue weighted by Gasteiger charge is 2.20. The molecule has 0 aromatic heterocycles. The molecule has 0 radical (unpaired) electrons. The molecule has 0 saturated heterocycles. The maximum Gasteiger partial charge on any atom is 0.0878 e. The van der Waals surface area contributed by atoms with Crippen molar-refractivity contribution < 1.29 is 4.48 Å². The van der Waals surface area contributed by atoms with Crippen LogP contribution in [0.15, 0.2) is 0 Å². The van der Waals surface area contributed by atoms with Gasteiger partial charge in [0.2, 0.25) is 0 Å². The summed E-state index contributed by atoms with van der Waals surface area (Å²) in [5.41, 5.74) is 0. The maximum absolute atomic E-state index is 3.44. The molecule has 0 bridgehead atoms. The SMILES string of the molecule is CC(C)C(C)Br.CC(C)C(C)[N+](C)(C)C.CN(C)C. The Kier molecular flexibility index (Phi) is 15.6. The molecule has 0 aromatic rings. The normalized spacial score (nSPS) is 14.5. The number of hydrogen-bond acceptors (Lipinski definition) is 1. The van der Waals surface area contributed by atoms with Crippen molar-refractivity contribution in [2.45, 2.75) is 52.4 Å². The van der Waals surface area contributed by atoms with Gasteiger partial charge in [-0.2, -0.15) is 0 Å². The first-order valence-electron chi connectivity index (χ1n) is 7.29. The lowest BCUT2D eigenvalue weighted by molar-refractivity contribution is -0.897. The lowest BCUT2D eigenvalue weighted by Gasteiger charge is -2.34. The van der Waals surface area contributed by atoms with E-state index in [9.17, 15) is 0 Å². The van der Waals surface area contributed by atoms with Crippen molar-refractivity contribution in [2.24, 2.45) is 11.8 Å². The van der Waals surface area contributed by atoms with E-state index in [1.165, 1.54) is 0 Å². The summed E-state index contributed by atoms with van der Waals surface area (Å²) in [5.74, 6) is 1.55. The van der Waals surface area contributed by atoms with E-state index in [-0.39, 0.29) is 0 Å². The van der Waals surface area contributed by atoms with E-state index >= 15 is 0 Å². The summed E-state index contributed by atoms with van der Waals surface area (Å²) < 4.78 is 1.07. The zero-order chi connectivity index (χ0) is 16.4. The molecular weight excluding hydrogens is 300 g/mol. The van der Waals surface area contributed by atoms with Gasteiger partial charge in [-0.25, -0.2) is 0 Å². The third kappa shape index (κ3) is 23.9. The molecule has 0 N–H and O–H groups in total. The fourth-order valence-corrected chi connectivity index (χ4v) is 0.894. The minimum atomic E-state index is 0.664. The largest absolute Gasteiger partial charge is 0.329 e. The van der Waals surface area contributed by atoms with Crippen LogP contribution in [0.2, 0.25) is 0 Å². The van der Waals surface area contributed by atoms with Crippen LogP contribution in [-0.2, 0) is 0 Å². The summed E-state index contributed by atoms with van der Waals surface area (Å²) in [6, 6.07) is 0.755. The third-order valence-electron chi connectivity index (χ3n) is 3.11. The molecule has 0 heterocycles. The van der Waals surface area contributed by atoms with E-state index in [1.807, 2.05) is 26.0 Å². The Morgan fingerprint density at radius 2 is 0.947 bits per heavy atom. The molecule has 2 nitrogen and oxygen atoms in total. The number of nitrogens with zero attached hydrogens (tertiary/aromatic N) is 2. The first-order valence-corrected chi connectivity index (χ1v) is 8.21. The van der Waals surface area contributed by atoms with Crippen molar-refractivity contribution in [1.82, 2.24) is 4.90 Å². The van der Waals surface area contributed by atoms with E-state index in [0.717, 1.165) is 22.4 Å². The Balaban J connectivity index is -0.000000222. The van der Waals surface area contributed by atoms with Gasteiger partial charge in [0.05, 0.1) is 27.2 Å². The summed E-state index contributed by atoms with van der Waals surface area (Å²) in [6.07, 6.45) is 0. The molecule has 0 saturated carbocycles. The maximum atomic E-state index is 3.44. The predicted molar refractivity (Wildman–Crippen MR) is 95.2 cm³/mol. The van der Waals surface area contributed by atoms with Gasteiger partial charge >= 0.3 is 0 Å². The molecule has 0 aliphatic carbocycles. The van der Waals surface area contributed by atoms with Crippen molar-refractivity contribution in [1.29, 1.82) is 0 Å². The highest BCUT2D eigenvalue weighted by molar-refractivity contribution is 9.09. The fourth-order valence-electron chi connectivity index (χ4n) is 0.894. The van der Waals surface area contributed by atoms with E-state index in [2.05, 4.69) is 78.6 Å². The van der Waals surface area contributed by atoms with Crippen LogP contribution in [0.3, 0.4) is 0 Å². The lowest BCUT2D eigenvalue weighted by atomic mass is 10.0. The molecule has 0 fully saturated rings. The summed E-state index contributed by atoms with van der Waals surface area (Å²) in [6.45, 7) is 13.4. The topological polar surface area (TPSA) is 3.24 Å². The van der Waals surface area contributed by atoms with Gasteiger partial charge in [0.1, 0.15) is 0 Å². The smallest absolute Gasteiger partial charge is 0.0878 e. The third-order valence-corrected chi connectivity index (χ3v) is 4.16. The van der Waals surface area contributed by atoms with Crippen LogP contribution in [0.4, 0.5) is 0 Å². The van der Waals surface area contributed by atoms with Crippen LogP contribution >= 0.6 is 15.9 Å². The van der Waals surface area contributed by atoms with Gasteiger partial charge in [-0.15, -0.1) is 0 Å². The summed E-state index contributed by atoms with van der Waals surface area (Å²) in [5, 5.41) is 0. The molecule has 3 heteroatoms. The lowest BCUT2D eigenvalue weighted by Crippen LogP contribution is -2.45. The second-order valence-electron chi connectivity index (χ2n) is 7.36. The van der Waals surface area contributed by atoms with Gasteiger partial charge in [-0.05, 0) is 34.0 Å². The van der Waals surface area contributed by atoms with Crippen molar-refractivity contribution >= 4 is 15.9 Å². The fraction of sp³-hybridized carbons (Fsp3) is 1.00. The molecule has 0 amide bonds. The van der Waals surface area contributed by atoms with Crippen LogP contribution in [0.5, 0.6) is 0 Å². The molecule has 0 aromatic carbocycles. The quantitative estimate of drug-likeness (QED) is 0.546. The number of halogens is 1. The van der Waals surface area contributed by atoms with Crippen molar-refractivity contribution in [3.63, 3.8) is 0 Å². The number of rotatable bonds is 3. The van der Waals surface area contributed by atoms with Crippen molar-refractivity contribution in [3.8, 4) is 0 Å². The van der Waals surface area contributed by atoms with Crippen LogP contribution in [0.1, 0.15) is 41.5 Å². The molecule has 2 unspecified atom stereocenters. The second kappa shape index (κ2) is 12.2. The van der Waals surface area contributed by atoms with Crippen LogP contribution < -0.4 is 0 Å². The average molecular weight is 340 g/mol. The van der Waals surface area contributed by atoms with Crippen molar-refractivity contribution in [3.05, 3.63) is 0 Å². The van der Waals surface area contributed by atoms with E-state index in [4.69, 9.17) is 0 Å². The van der Waals surface area contributed by atoms with Crippen LogP contribution in [-0.4, -0.2) is 62.5 Å². The second-order valence-corrected chi connectivity index (χ2v) is 8.81. The summed E-state index contributed by atoms with van der Waals surface area (Å²) in [4.78, 5) is 2.66. The zero-order valence-corrected chi connectivity index (χ0v) is 17.2. The van der Waals surface area contributed by atoms with Gasteiger partial charge in [0.15, 0.2) is 0 Å². The first kappa shape index (κ1) is 24.4. The zero-order valence-electron chi connectivity index (χ0n) is 15.6. The monoisotopic (exact) mass is 339 g/mol. The minimum absolute atomic E-state index is 0.664. The highest BCUT2D eigenvalue weighted by atomic mass is 79.9. The summed E-state index contributed by atoms with van der Waals surface area (Å²) in [7, 11) is 12.7. The van der Waals surface area contributed by atoms with Crippen LogP contribution in [0.25, 0.3) is 0 Å². The minimum Gasteiger partial charge on any atom is -0.329 e. The Labute approximate surface area is 132 Å². The van der Waals surface area contributed by atoms with E-state index < -0.39 is 0 Å². The molecule has 0 aliphatic heterocycles. The van der Waals surface area contributed by atoms with Gasteiger partial charge in [0, 0.05) is 10.7 Å². The number of quaternary nitrogens is 1. The molecule has 0 spiro atoms. The molecule has 2 atom stereocenters. The van der Waals surface area contributed by atoms with Gasteiger partial charge in [-0.3, -0.25) is 0 Å². The first-order chi connectivity index (χ1) is 8.23. The number of hydrogen-bond donors (Lipinski definition) is 0. The molecule has 0 aliphatic rings. The predicted octanol–water partition coefficient (Wildman–Crippen LogP) is 4.34. The Hall–Kier alpha value is 0.400. The van der Waals surface area contributed by atoms with Crippen molar-refractivity contribution in [2.75, 3.05) is 42.3 Å².